The Morgan fingerprint density at radius 1 is 1.19 bits per heavy atom. The largest absolute Gasteiger partial charge is 0.329 e. The first-order valence-electron chi connectivity index (χ1n) is 7.14. The van der Waals surface area contributed by atoms with Gasteiger partial charge in [0, 0.05) is 10.7 Å². The second-order valence-electron chi connectivity index (χ2n) is 5.10. The Hall–Kier alpha value is -1.65. The number of pyridine rings is 1. The minimum absolute atomic E-state index is 0.0335. The molecular formula is C17H17BrN2O. The molecule has 3 aromatic rings. The van der Waals surface area contributed by atoms with E-state index in [0.29, 0.717) is 0 Å². The third-order valence-corrected chi connectivity index (χ3v) is 4.23. The summed E-state index contributed by atoms with van der Waals surface area (Å²) in [6, 6.07) is 10.3. The highest BCUT2D eigenvalue weighted by Gasteiger charge is 2.09. The van der Waals surface area contributed by atoms with E-state index in [4.69, 9.17) is 0 Å². The molecule has 2 N–H and O–H groups in total. The third kappa shape index (κ3) is 2.74. The highest BCUT2D eigenvalue weighted by atomic mass is 79.9. The van der Waals surface area contributed by atoms with Crippen LogP contribution in [-0.4, -0.2) is 18.1 Å². The van der Waals surface area contributed by atoms with Gasteiger partial charge in [0.15, 0.2) is 0 Å². The Labute approximate surface area is 131 Å². The van der Waals surface area contributed by atoms with Crippen LogP contribution in [0.4, 0.5) is 0 Å². The van der Waals surface area contributed by atoms with Crippen molar-refractivity contribution in [1.29, 1.82) is 0 Å². The summed E-state index contributed by atoms with van der Waals surface area (Å²) in [4.78, 5) is 15.0. The summed E-state index contributed by atoms with van der Waals surface area (Å²) in [5, 5.41) is 7.28. The van der Waals surface area contributed by atoms with E-state index in [1.54, 1.807) is 6.20 Å². The number of fused-ring (bicyclic) bond motifs is 3. The molecular weight excluding hydrogens is 328 g/mol. The van der Waals surface area contributed by atoms with E-state index in [2.05, 4.69) is 45.3 Å². The van der Waals surface area contributed by atoms with Crippen LogP contribution < -0.4 is 10.9 Å². The topological polar surface area (TPSA) is 44.9 Å². The van der Waals surface area contributed by atoms with Gasteiger partial charge in [-0.1, -0.05) is 35.0 Å². The molecule has 108 valence electrons. The van der Waals surface area contributed by atoms with Gasteiger partial charge in [-0.05, 0) is 59.4 Å². The molecule has 0 atom stereocenters. The summed E-state index contributed by atoms with van der Waals surface area (Å²) in [7, 11) is 0. The lowest BCUT2D eigenvalue weighted by atomic mass is 9.96. The molecule has 0 bridgehead atoms. The number of hydrogen-bond acceptors (Lipinski definition) is 2. The SMILES string of the molecule is CCNCCc1cc2cc[nH]c(=O)c2c2cc(Br)ccc12. The van der Waals surface area contributed by atoms with Gasteiger partial charge in [-0.25, -0.2) is 0 Å². The molecule has 2 aromatic carbocycles. The van der Waals surface area contributed by atoms with Crippen molar-refractivity contribution in [1.82, 2.24) is 10.3 Å². The molecule has 0 aliphatic heterocycles. The molecule has 1 heterocycles. The van der Waals surface area contributed by atoms with Crippen molar-refractivity contribution in [2.24, 2.45) is 0 Å². The van der Waals surface area contributed by atoms with E-state index in [1.807, 2.05) is 18.2 Å². The summed E-state index contributed by atoms with van der Waals surface area (Å²) in [6.07, 6.45) is 2.66. The minimum Gasteiger partial charge on any atom is -0.329 e. The molecule has 0 aliphatic rings. The van der Waals surface area contributed by atoms with Gasteiger partial charge in [0.1, 0.15) is 0 Å². The number of halogens is 1. The van der Waals surface area contributed by atoms with Crippen molar-refractivity contribution in [3.8, 4) is 0 Å². The lowest BCUT2D eigenvalue weighted by Crippen LogP contribution is -2.16. The number of benzene rings is 2. The zero-order chi connectivity index (χ0) is 14.8. The zero-order valence-electron chi connectivity index (χ0n) is 11.9. The quantitative estimate of drug-likeness (QED) is 0.561. The van der Waals surface area contributed by atoms with E-state index in [-0.39, 0.29) is 5.56 Å². The van der Waals surface area contributed by atoms with Crippen LogP contribution in [0.5, 0.6) is 0 Å². The Bertz CT molecular complexity index is 854. The lowest BCUT2D eigenvalue weighted by molar-refractivity contribution is 0.719. The van der Waals surface area contributed by atoms with E-state index >= 15 is 0 Å². The number of H-pyrrole nitrogens is 1. The molecule has 0 amide bonds. The molecule has 0 aliphatic carbocycles. The van der Waals surface area contributed by atoms with Crippen LogP contribution >= 0.6 is 15.9 Å². The first-order valence-corrected chi connectivity index (χ1v) is 7.93. The van der Waals surface area contributed by atoms with Gasteiger partial charge in [0.25, 0.3) is 5.56 Å². The Kier molecular flexibility index (Phi) is 4.08. The summed E-state index contributed by atoms with van der Waals surface area (Å²) in [6.45, 7) is 4.02. The maximum atomic E-state index is 12.2. The number of aromatic amines is 1. The maximum Gasteiger partial charge on any atom is 0.256 e. The number of nitrogens with one attached hydrogen (secondary N) is 2. The Morgan fingerprint density at radius 3 is 2.86 bits per heavy atom. The van der Waals surface area contributed by atoms with E-state index in [0.717, 1.165) is 45.5 Å². The molecule has 0 saturated heterocycles. The predicted octanol–water partition coefficient (Wildman–Crippen LogP) is 3.60. The molecule has 4 heteroatoms. The highest BCUT2D eigenvalue weighted by molar-refractivity contribution is 9.10. The second-order valence-corrected chi connectivity index (χ2v) is 6.02. The van der Waals surface area contributed by atoms with Gasteiger partial charge in [-0.2, -0.15) is 0 Å². The Balaban J connectivity index is 2.29. The van der Waals surface area contributed by atoms with Crippen LogP contribution in [-0.2, 0) is 6.42 Å². The first-order chi connectivity index (χ1) is 10.2. The van der Waals surface area contributed by atoms with Crippen molar-refractivity contribution >= 4 is 37.5 Å². The molecule has 0 saturated carbocycles. The standard InChI is InChI=1S/C17H17BrN2O/c1-2-19-7-5-11-9-12-6-8-20-17(21)16(12)15-10-13(18)3-4-14(11)15/h3-4,6,8-10,19H,2,5,7H2,1H3,(H,20,21). The smallest absolute Gasteiger partial charge is 0.256 e. The van der Waals surface area contributed by atoms with Gasteiger partial charge in [0.05, 0.1) is 5.39 Å². The number of likely N-dealkylation sites (N-methyl/N-ethyl adjacent to an activating group) is 1. The predicted molar refractivity (Wildman–Crippen MR) is 92.0 cm³/mol. The van der Waals surface area contributed by atoms with Crippen LogP contribution in [0.25, 0.3) is 21.5 Å². The van der Waals surface area contributed by atoms with Crippen LogP contribution in [0.1, 0.15) is 12.5 Å². The van der Waals surface area contributed by atoms with E-state index in [9.17, 15) is 4.79 Å². The molecule has 21 heavy (non-hydrogen) atoms. The summed E-state index contributed by atoms with van der Waals surface area (Å²) in [5.41, 5.74) is 1.24. The summed E-state index contributed by atoms with van der Waals surface area (Å²) < 4.78 is 0.989. The fourth-order valence-corrected chi connectivity index (χ4v) is 3.13. The number of hydrogen-bond donors (Lipinski definition) is 2. The van der Waals surface area contributed by atoms with Crippen molar-refractivity contribution in [2.75, 3.05) is 13.1 Å². The molecule has 0 spiro atoms. The van der Waals surface area contributed by atoms with Crippen LogP contribution in [0.3, 0.4) is 0 Å². The third-order valence-electron chi connectivity index (χ3n) is 3.74. The number of aromatic nitrogens is 1. The van der Waals surface area contributed by atoms with E-state index in [1.165, 1.54) is 5.56 Å². The molecule has 0 fully saturated rings. The monoisotopic (exact) mass is 344 g/mol. The number of rotatable bonds is 4. The second kappa shape index (κ2) is 6.00. The lowest BCUT2D eigenvalue weighted by Gasteiger charge is -2.11. The molecule has 1 aromatic heterocycles. The van der Waals surface area contributed by atoms with Crippen molar-refractivity contribution in [2.45, 2.75) is 13.3 Å². The van der Waals surface area contributed by atoms with Gasteiger partial charge in [0.2, 0.25) is 0 Å². The van der Waals surface area contributed by atoms with Crippen molar-refractivity contribution < 1.29 is 0 Å². The summed E-state index contributed by atoms with van der Waals surface area (Å²) in [5.74, 6) is 0. The van der Waals surface area contributed by atoms with Crippen molar-refractivity contribution in [3.05, 3.63) is 56.9 Å². The van der Waals surface area contributed by atoms with Crippen LogP contribution in [0.2, 0.25) is 0 Å². The average molecular weight is 345 g/mol. The van der Waals surface area contributed by atoms with Gasteiger partial charge < -0.3 is 10.3 Å². The first kappa shape index (κ1) is 14.3. The molecule has 0 radical (unpaired) electrons. The van der Waals surface area contributed by atoms with Gasteiger partial charge >= 0.3 is 0 Å². The minimum atomic E-state index is -0.0335. The molecule has 3 rings (SSSR count). The molecule has 0 unspecified atom stereocenters. The van der Waals surface area contributed by atoms with Crippen LogP contribution in [0, 0.1) is 0 Å². The van der Waals surface area contributed by atoms with Gasteiger partial charge in [-0.15, -0.1) is 0 Å². The summed E-state index contributed by atoms with van der Waals surface area (Å²) >= 11 is 3.51. The fraction of sp³-hybridized carbons (Fsp3) is 0.235. The Morgan fingerprint density at radius 2 is 2.05 bits per heavy atom. The van der Waals surface area contributed by atoms with E-state index < -0.39 is 0 Å². The van der Waals surface area contributed by atoms with Crippen molar-refractivity contribution in [3.63, 3.8) is 0 Å². The maximum absolute atomic E-state index is 12.2. The fourth-order valence-electron chi connectivity index (χ4n) is 2.77. The van der Waals surface area contributed by atoms with Gasteiger partial charge in [-0.3, -0.25) is 4.79 Å². The van der Waals surface area contributed by atoms with Crippen LogP contribution in [0.15, 0.2) is 45.8 Å². The normalized spacial score (nSPS) is 11.3. The zero-order valence-corrected chi connectivity index (χ0v) is 13.5. The average Bonchev–Trinajstić information content (AvgIpc) is 2.47. The highest BCUT2D eigenvalue weighted by Crippen LogP contribution is 2.29. The molecule has 3 nitrogen and oxygen atoms in total.